The highest BCUT2D eigenvalue weighted by Crippen LogP contribution is 2.27. The number of rotatable bonds is 7. The Labute approximate surface area is 182 Å². The van der Waals surface area contributed by atoms with Crippen LogP contribution in [0.1, 0.15) is 28.4 Å². The average molecular weight is 441 g/mol. The van der Waals surface area contributed by atoms with Crippen molar-refractivity contribution in [2.75, 3.05) is 18.0 Å². The van der Waals surface area contributed by atoms with Gasteiger partial charge in [0, 0.05) is 19.3 Å². The Kier molecular flexibility index (Phi) is 6.60. The monoisotopic (exact) mass is 440 g/mol. The standard InChI is InChI=1S/C23H24N2O5S/c1-5-29-23(26)18-7-13-22(24-15-18)30-20-10-8-19(9-11-20)25(4)31(27,28)21-12-6-16(2)17(3)14-21/h6-15H,5H2,1-4H3. The van der Waals surface area contributed by atoms with E-state index in [0.717, 1.165) is 11.1 Å². The summed E-state index contributed by atoms with van der Waals surface area (Å²) in [5, 5.41) is 0. The Morgan fingerprint density at radius 2 is 1.71 bits per heavy atom. The third-order valence-corrected chi connectivity index (χ3v) is 6.59. The molecule has 0 saturated carbocycles. The lowest BCUT2D eigenvalue weighted by Crippen LogP contribution is -2.26. The molecular formula is C23H24N2O5S. The van der Waals surface area contributed by atoms with Gasteiger partial charge < -0.3 is 9.47 Å². The van der Waals surface area contributed by atoms with E-state index in [9.17, 15) is 13.2 Å². The molecule has 0 atom stereocenters. The number of sulfonamides is 1. The lowest BCUT2D eigenvalue weighted by molar-refractivity contribution is 0.0526. The summed E-state index contributed by atoms with van der Waals surface area (Å²) >= 11 is 0. The van der Waals surface area contributed by atoms with Crippen molar-refractivity contribution in [2.24, 2.45) is 0 Å². The van der Waals surface area contributed by atoms with E-state index in [4.69, 9.17) is 9.47 Å². The van der Waals surface area contributed by atoms with Crippen LogP contribution in [-0.4, -0.2) is 33.0 Å². The smallest absolute Gasteiger partial charge is 0.339 e. The number of ether oxygens (including phenoxy) is 2. The Balaban J connectivity index is 1.73. The molecule has 0 radical (unpaired) electrons. The maximum Gasteiger partial charge on any atom is 0.339 e. The summed E-state index contributed by atoms with van der Waals surface area (Å²) < 4.78 is 37.7. The molecule has 1 heterocycles. The molecule has 8 heteroatoms. The van der Waals surface area contributed by atoms with Crippen molar-refractivity contribution in [3.8, 4) is 11.6 Å². The van der Waals surface area contributed by atoms with Crippen LogP contribution < -0.4 is 9.04 Å². The first-order valence-electron chi connectivity index (χ1n) is 9.69. The minimum absolute atomic E-state index is 0.240. The molecule has 31 heavy (non-hydrogen) atoms. The van der Waals surface area contributed by atoms with Crippen molar-refractivity contribution in [1.82, 2.24) is 4.98 Å². The van der Waals surface area contributed by atoms with E-state index in [1.54, 1.807) is 61.5 Å². The van der Waals surface area contributed by atoms with Gasteiger partial charge in [-0.15, -0.1) is 0 Å². The molecule has 0 aliphatic rings. The van der Waals surface area contributed by atoms with Crippen LogP contribution in [0.25, 0.3) is 0 Å². The van der Waals surface area contributed by atoms with E-state index >= 15 is 0 Å². The summed E-state index contributed by atoms with van der Waals surface area (Å²) in [6, 6.07) is 14.8. The number of hydrogen-bond donors (Lipinski definition) is 0. The zero-order valence-electron chi connectivity index (χ0n) is 17.8. The van der Waals surface area contributed by atoms with Gasteiger partial charge in [0.2, 0.25) is 5.88 Å². The van der Waals surface area contributed by atoms with Gasteiger partial charge in [-0.25, -0.2) is 18.2 Å². The van der Waals surface area contributed by atoms with Crippen LogP contribution in [0.2, 0.25) is 0 Å². The van der Waals surface area contributed by atoms with Crippen molar-refractivity contribution >= 4 is 21.7 Å². The van der Waals surface area contributed by atoms with Crippen molar-refractivity contribution in [3.63, 3.8) is 0 Å². The molecule has 0 unspecified atom stereocenters. The molecule has 0 bridgehead atoms. The maximum atomic E-state index is 13.0. The van der Waals surface area contributed by atoms with Crippen LogP contribution >= 0.6 is 0 Å². The number of aromatic nitrogens is 1. The molecule has 162 valence electrons. The number of pyridine rings is 1. The van der Waals surface area contributed by atoms with Crippen LogP contribution in [-0.2, 0) is 14.8 Å². The third-order valence-electron chi connectivity index (χ3n) is 4.81. The summed E-state index contributed by atoms with van der Waals surface area (Å²) in [4.78, 5) is 16.0. The molecule has 0 aliphatic carbocycles. The molecule has 0 saturated heterocycles. The van der Waals surface area contributed by atoms with Gasteiger partial charge in [-0.1, -0.05) is 6.07 Å². The zero-order valence-corrected chi connectivity index (χ0v) is 18.6. The summed E-state index contributed by atoms with van der Waals surface area (Å²) in [6.45, 7) is 5.84. The van der Waals surface area contributed by atoms with E-state index in [-0.39, 0.29) is 11.5 Å². The molecule has 0 N–H and O–H groups in total. The second kappa shape index (κ2) is 9.18. The van der Waals surface area contributed by atoms with Gasteiger partial charge in [-0.05, 0) is 74.4 Å². The molecule has 3 rings (SSSR count). The summed E-state index contributed by atoms with van der Waals surface area (Å²) in [5.41, 5.74) is 2.78. The van der Waals surface area contributed by atoms with E-state index in [2.05, 4.69) is 4.98 Å². The highest BCUT2D eigenvalue weighted by atomic mass is 32.2. The molecule has 2 aromatic carbocycles. The molecule has 3 aromatic rings. The van der Waals surface area contributed by atoms with Gasteiger partial charge in [0.15, 0.2) is 0 Å². The summed E-state index contributed by atoms with van der Waals surface area (Å²) in [6.07, 6.45) is 1.38. The largest absolute Gasteiger partial charge is 0.462 e. The van der Waals surface area contributed by atoms with Crippen molar-refractivity contribution in [2.45, 2.75) is 25.7 Å². The van der Waals surface area contributed by atoms with E-state index in [0.29, 0.717) is 22.9 Å². The summed E-state index contributed by atoms with van der Waals surface area (Å²) in [7, 11) is -2.17. The topological polar surface area (TPSA) is 85.8 Å². The van der Waals surface area contributed by atoms with Crippen LogP contribution in [0.3, 0.4) is 0 Å². The van der Waals surface area contributed by atoms with Gasteiger partial charge in [-0.2, -0.15) is 0 Å². The number of hydrogen-bond acceptors (Lipinski definition) is 6. The van der Waals surface area contributed by atoms with Gasteiger partial charge >= 0.3 is 5.97 Å². The van der Waals surface area contributed by atoms with Crippen LogP contribution in [0, 0.1) is 13.8 Å². The lowest BCUT2D eigenvalue weighted by atomic mass is 10.1. The maximum absolute atomic E-state index is 13.0. The normalized spacial score (nSPS) is 11.1. The van der Waals surface area contributed by atoms with Crippen molar-refractivity contribution in [3.05, 3.63) is 77.5 Å². The fourth-order valence-electron chi connectivity index (χ4n) is 2.79. The van der Waals surface area contributed by atoms with E-state index in [1.165, 1.54) is 17.5 Å². The second-order valence-electron chi connectivity index (χ2n) is 6.92. The molecule has 1 aromatic heterocycles. The molecular weight excluding hydrogens is 416 g/mol. The predicted octanol–water partition coefficient (Wildman–Crippen LogP) is 4.49. The molecule has 0 amide bonds. The Hall–Kier alpha value is -3.39. The predicted molar refractivity (Wildman–Crippen MR) is 118 cm³/mol. The number of anilines is 1. The van der Waals surface area contributed by atoms with Gasteiger partial charge in [0.1, 0.15) is 5.75 Å². The Bertz CT molecular complexity index is 1170. The highest BCUT2D eigenvalue weighted by Gasteiger charge is 2.21. The van der Waals surface area contributed by atoms with E-state index < -0.39 is 16.0 Å². The Morgan fingerprint density at radius 1 is 1.00 bits per heavy atom. The zero-order chi connectivity index (χ0) is 22.6. The number of nitrogens with zero attached hydrogens (tertiary/aromatic N) is 2. The molecule has 0 fully saturated rings. The number of benzene rings is 2. The van der Waals surface area contributed by atoms with Crippen LogP contribution in [0.4, 0.5) is 5.69 Å². The highest BCUT2D eigenvalue weighted by molar-refractivity contribution is 7.92. The third kappa shape index (κ3) is 5.03. The van der Waals surface area contributed by atoms with Crippen LogP contribution in [0.15, 0.2) is 65.7 Å². The SMILES string of the molecule is CCOC(=O)c1ccc(Oc2ccc(N(C)S(=O)(=O)c3ccc(C)c(C)c3)cc2)nc1. The fourth-order valence-corrected chi connectivity index (χ4v) is 4.07. The number of carbonyl (C=O) groups excluding carboxylic acids is 1. The van der Waals surface area contributed by atoms with Gasteiger partial charge in [0.05, 0.1) is 22.8 Å². The van der Waals surface area contributed by atoms with E-state index in [1.807, 2.05) is 13.8 Å². The molecule has 0 aliphatic heterocycles. The first-order valence-corrected chi connectivity index (χ1v) is 11.1. The number of aryl methyl sites for hydroxylation is 2. The lowest BCUT2D eigenvalue weighted by Gasteiger charge is -2.20. The first-order chi connectivity index (χ1) is 14.7. The minimum atomic E-state index is -3.68. The fraction of sp³-hybridized carbons (Fsp3) is 0.217. The Morgan fingerprint density at radius 3 is 2.29 bits per heavy atom. The van der Waals surface area contributed by atoms with Gasteiger partial charge in [-0.3, -0.25) is 4.31 Å². The number of carbonyl (C=O) groups is 1. The minimum Gasteiger partial charge on any atom is -0.462 e. The molecule has 7 nitrogen and oxygen atoms in total. The molecule has 0 spiro atoms. The summed E-state index contributed by atoms with van der Waals surface area (Å²) in [5.74, 6) is 0.341. The number of esters is 1. The van der Waals surface area contributed by atoms with Gasteiger partial charge in [0.25, 0.3) is 10.0 Å². The second-order valence-corrected chi connectivity index (χ2v) is 8.89. The quantitative estimate of drug-likeness (QED) is 0.503. The van der Waals surface area contributed by atoms with Crippen molar-refractivity contribution < 1.29 is 22.7 Å². The van der Waals surface area contributed by atoms with Crippen molar-refractivity contribution in [1.29, 1.82) is 0 Å². The van der Waals surface area contributed by atoms with Crippen LogP contribution in [0.5, 0.6) is 11.6 Å². The first kappa shape index (κ1) is 22.3. The average Bonchev–Trinajstić information content (AvgIpc) is 2.76.